The van der Waals surface area contributed by atoms with Gasteiger partial charge >= 0.3 is 0 Å². The molecule has 2 aromatic carbocycles. The molecule has 0 amide bonds. The summed E-state index contributed by atoms with van der Waals surface area (Å²) >= 11 is 1.71. The molecule has 0 radical (unpaired) electrons. The highest BCUT2D eigenvalue weighted by Crippen LogP contribution is 2.34. The Kier molecular flexibility index (Phi) is 5.31. The SMILES string of the molecule is OC(CCN1CCN(c2ccc3c(c2)OCCO3)CC1)c1csc2ccccc12. The van der Waals surface area contributed by atoms with Gasteiger partial charge in [-0.25, -0.2) is 0 Å². The van der Waals surface area contributed by atoms with Crippen LogP contribution in [0.2, 0.25) is 0 Å². The molecule has 2 aliphatic heterocycles. The first kappa shape index (κ1) is 18.7. The van der Waals surface area contributed by atoms with E-state index in [4.69, 9.17) is 9.47 Å². The van der Waals surface area contributed by atoms with E-state index in [1.165, 1.54) is 15.8 Å². The first-order valence-corrected chi connectivity index (χ1v) is 11.2. The summed E-state index contributed by atoms with van der Waals surface area (Å²) in [4.78, 5) is 4.85. The van der Waals surface area contributed by atoms with Crippen molar-refractivity contribution in [3.8, 4) is 11.5 Å². The van der Waals surface area contributed by atoms with E-state index in [1.807, 2.05) is 12.1 Å². The third-order valence-electron chi connectivity index (χ3n) is 5.85. The predicted molar refractivity (Wildman–Crippen MR) is 117 cm³/mol. The van der Waals surface area contributed by atoms with E-state index in [2.05, 4.69) is 45.5 Å². The highest BCUT2D eigenvalue weighted by atomic mass is 32.1. The highest BCUT2D eigenvalue weighted by Gasteiger charge is 2.21. The van der Waals surface area contributed by atoms with Crippen molar-refractivity contribution in [1.29, 1.82) is 0 Å². The molecule has 1 fully saturated rings. The summed E-state index contributed by atoms with van der Waals surface area (Å²) in [7, 11) is 0. The molecule has 1 N–H and O–H groups in total. The first-order chi connectivity index (χ1) is 14.3. The van der Waals surface area contributed by atoms with Crippen molar-refractivity contribution >= 4 is 27.1 Å². The number of anilines is 1. The quantitative estimate of drug-likeness (QED) is 0.691. The van der Waals surface area contributed by atoms with Gasteiger partial charge in [0.25, 0.3) is 0 Å². The number of aliphatic hydroxyl groups is 1. The van der Waals surface area contributed by atoms with E-state index >= 15 is 0 Å². The van der Waals surface area contributed by atoms with Crippen molar-refractivity contribution in [2.75, 3.05) is 50.8 Å². The molecular weight excluding hydrogens is 384 g/mol. The van der Waals surface area contributed by atoms with Crippen molar-refractivity contribution in [3.05, 3.63) is 53.4 Å². The molecule has 6 heteroatoms. The lowest BCUT2D eigenvalue weighted by Gasteiger charge is -2.36. The lowest BCUT2D eigenvalue weighted by molar-refractivity contribution is 0.141. The van der Waals surface area contributed by atoms with Gasteiger partial charge < -0.3 is 19.5 Å². The van der Waals surface area contributed by atoms with Crippen LogP contribution in [0.4, 0.5) is 5.69 Å². The first-order valence-electron chi connectivity index (χ1n) is 10.3. The number of piperazine rings is 1. The Labute approximate surface area is 175 Å². The minimum absolute atomic E-state index is 0.401. The molecule has 5 nitrogen and oxygen atoms in total. The zero-order valence-electron chi connectivity index (χ0n) is 16.4. The maximum atomic E-state index is 10.7. The monoisotopic (exact) mass is 410 g/mol. The molecule has 3 heterocycles. The molecule has 29 heavy (non-hydrogen) atoms. The van der Waals surface area contributed by atoms with Crippen molar-refractivity contribution < 1.29 is 14.6 Å². The fourth-order valence-corrected chi connectivity index (χ4v) is 5.18. The number of benzene rings is 2. The number of fused-ring (bicyclic) bond motifs is 2. The Morgan fingerprint density at radius 3 is 2.62 bits per heavy atom. The van der Waals surface area contributed by atoms with Gasteiger partial charge in [-0.2, -0.15) is 0 Å². The normalized spacial score (nSPS) is 18.2. The number of hydrogen-bond donors (Lipinski definition) is 1. The highest BCUT2D eigenvalue weighted by molar-refractivity contribution is 7.17. The van der Waals surface area contributed by atoms with Crippen LogP contribution in [-0.4, -0.2) is 55.9 Å². The van der Waals surface area contributed by atoms with Gasteiger partial charge in [0.1, 0.15) is 13.2 Å². The molecule has 1 atom stereocenters. The minimum Gasteiger partial charge on any atom is -0.486 e. The molecule has 0 spiro atoms. The molecule has 0 bridgehead atoms. The van der Waals surface area contributed by atoms with Crippen molar-refractivity contribution in [2.24, 2.45) is 0 Å². The van der Waals surface area contributed by atoms with E-state index in [1.54, 1.807) is 11.3 Å². The Hall–Kier alpha value is -2.28. The Morgan fingerprint density at radius 2 is 1.76 bits per heavy atom. The molecule has 152 valence electrons. The van der Waals surface area contributed by atoms with E-state index < -0.39 is 6.10 Å². The van der Waals surface area contributed by atoms with Crippen molar-refractivity contribution in [2.45, 2.75) is 12.5 Å². The second kappa shape index (κ2) is 8.22. The maximum absolute atomic E-state index is 10.7. The summed E-state index contributed by atoms with van der Waals surface area (Å²) in [5.41, 5.74) is 2.26. The van der Waals surface area contributed by atoms with Crippen LogP contribution >= 0.6 is 11.3 Å². The average Bonchev–Trinajstić information content (AvgIpc) is 3.22. The molecule has 1 saturated heterocycles. The number of thiophene rings is 1. The van der Waals surface area contributed by atoms with E-state index in [0.29, 0.717) is 13.2 Å². The van der Waals surface area contributed by atoms with Gasteiger partial charge in [-0.15, -0.1) is 11.3 Å². The van der Waals surface area contributed by atoms with Crippen LogP contribution < -0.4 is 14.4 Å². The van der Waals surface area contributed by atoms with E-state index in [9.17, 15) is 5.11 Å². The summed E-state index contributed by atoms with van der Waals surface area (Å²) in [6.45, 7) is 6.13. The van der Waals surface area contributed by atoms with Crippen LogP contribution in [0.1, 0.15) is 18.1 Å². The maximum Gasteiger partial charge on any atom is 0.163 e. The summed E-state index contributed by atoms with van der Waals surface area (Å²) in [6.07, 6.45) is 0.368. The Bertz CT molecular complexity index is 981. The van der Waals surface area contributed by atoms with Crippen molar-refractivity contribution in [3.63, 3.8) is 0 Å². The zero-order chi connectivity index (χ0) is 19.6. The Morgan fingerprint density at radius 1 is 0.966 bits per heavy atom. The molecule has 0 aliphatic carbocycles. The summed E-state index contributed by atoms with van der Waals surface area (Å²) in [5.74, 6) is 1.69. The van der Waals surface area contributed by atoms with Gasteiger partial charge in [0, 0.05) is 49.2 Å². The molecule has 1 aromatic heterocycles. The van der Waals surface area contributed by atoms with Crippen LogP contribution in [0, 0.1) is 0 Å². The number of ether oxygens (including phenoxy) is 2. The smallest absolute Gasteiger partial charge is 0.163 e. The third-order valence-corrected chi connectivity index (χ3v) is 6.83. The lowest BCUT2D eigenvalue weighted by Crippen LogP contribution is -2.46. The number of rotatable bonds is 5. The molecule has 5 rings (SSSR count). The van der Waals surface area contributed by atoms with E-state index in [0.717, 1.165) is 56.2 Å². The average molecular weight is 411 g/mol. The van der Waals surface area contributed by atoms with Crippen LogP contribution in [-0.2, 0) is 0 Å². The van der Waals surface area contributed by atoms with Crippen LogP contribution in [0.25, 0.3) is 10.1 Å². The number of nitrogens with zero attached hydrogens (tertiary/aromatic N) is 2. The van der Waals surface area contributed by atoms with Gasteiger partial charge in [0.05, 0.1) is 6.10 Å². The summed E-state index contributed by atoms with van der Waals surface area (Å²) in [5, 5.41) is 14.0. The predicted octanol–water partition coefficient (Wildman–Crippen LogP) is 3.92. The van der Waals surface area contributed by atoms with Gasteiger partial charge in [-0.1, -0.05) is 18.2 Å². The molecule has 1 unspecified atom stereocenters. The number of hydrogen-bond acceptors (Lipinski definition) is 6. The third kappa shape index (κ3) is 3.92. The fraction of sp³-hybridized carbons (Fsp3) is 0.391. The standard InChI is InChI=1S/C23H26N2O3S/c26-20(19-16-29-23-4-2-1-3-18(19)23)7-8-24-9-11-25(12-10-24)17-5-6-21-22(15-17)28-14-13-27-21/h1-6,15-16,20,26H,7-14H2. The molecule has 3 aromatic rings. The summed E-state index contributed by atoms with van der Waals surface area (Å²) < 4.78 is 12.6. The van der Waals surface area contributed by atoms with Crippen LogP contribution in [0.3, 0.4) is 0 Å². The second-order valence-electron chi connectivity index (χ2n) is 7.65. The second-order valence-corrected chi connectivity index (χ2v) is 8.56. The number of aliphatic hydroxyl groups excluding tert-OH is 1. The van der Waals surface area contributed by atoms with Crippen LogP contribution in [0.5, 0.6) is 11.5 Å². The van der Waals surface area contributed by atoms with Gasteiger partial charge in [0.15, 0.2) is 11.5 Å². The van der Waals surface area contributed by atoms with Crippen molar-refractivity contribution in [1.82, 2.24) is 4.90 Å². The Balaban J connectivity index is 1.15. The van der Waals surface area contributed by atoms with Gasteiger partial charge in [-0.05, 0) is 40.9 Å². The molecule has 2 aliphatic rings. The lowest BCUT2D eigenvalue weighted by atomic mass is 10.1. The minimum atomic E-state index is -0.401. The van der Waals surface area contributed by atoms with Crippen LogP contribution in [0.15, 0.2) is 47.8 Å². The summed E-state index contributed by atoms with van der Waals surface area (Å²) in [6, 6.07) is 14.5. The van der Waals surface area contributed by atoms with Gasteiger partial charge in [0.2, 0.25) is 0 Å². The largest absolute Gasteiger partial charge is 0.486 e. The topological polar surface area (TPSA) is 45.2 Å². The molecule has 0 saturated carbocycles. The van der Waals surface area contributed by atoms with Gasteiger partial charge in [-0.3, -0.25) is 4.90 Å². The molecular formula is C23H26N2O3S. The van der Waals surface area contributed by atoms with E-state index in [-0.39, 0.29) is 0 Å². The fourth-order valence-electron chi connectivity index (χ4n) is 4.18. The zero-order valence-corrected chi connectivity index (χ0v) is 17.2.